The van der Waals surface area contributed by atoms with E-state index in [1.807, 2.05) is 18.3 Å². The van der Waals surface area contributed by atoms with E-state index in [0.717, 1.165) is 34.7 Å². The molecule has 0 aliphatic heterocycles. The molecule has 2 aromatic heterocycles. The molecule has 0 fully saturated rings. The Morgan fingerprint density at radius 3 is 2.90 bits per heavy atom. The van der Waals surface area contributed by atoms with Gasteiger partial charge >= 0.3 is 0 Å². The predicted octanol–water partition coefficient (Wildman–Crippen LogP) is 3.82. The van der Waals surface area contributed by atoms with Crippen molar-refractivity contribution in [1.82, 2.24) is 14.5 Å². The van der Waals surface area contributed by atoms with Gasteiger partial charge in [-0.05, 0) is 43.0 Å². The van der Waals surface area contributed by atoms with Crippen LogP contribution in [-0.4, -0.2) is 14.5 Å². The number of aryl methyl sites for hydroxylation is 1. The first-order chi connectivity index (χ1) is 10.2. The van der Waals surface area contributed by atoms with Crippen LogP contribution >= 0.6 is 0 Å². The first kappa shape index (κ1) is 12.3. The minimum Gasteiger partial charge on any atom is -0.295 e. The lowest BCUT2D eigenvalue weighted by atomic mass is 9.91. The summed E-state index contributed by atoms with van der Waals surface area (Å²) in [6.07, 6.45) is 5.24. The van der Waals surface area contributed by atoms with E-state index in [1.165, 1.54) is 5.56 Å². The Morgan fingerprint density at radius 1 is 1.14 bits per heavy atom. The maximum atomic E-state index is 4.68. The van der Waals surface area contributed by atoms with Crippen molar-refractivity contribution in [3.05, 3.63) is 65.8 Å². The van der Waals surface area contributed by atoms with Crippen LogP contribution in [0.2, 0.25) is 0 Å². The number of para-hydroxylation sites is 2. The Hall–Kier alpha value is -2.42. The van der Waals surface area contributed by atoms with Crippen LogP contribution in [0, 0.1) is 12.8 Å². The Balaban J connectivity index is 2.02. The smallest absolute Gasteiger partial charge is 0.111 e. The van der Waals surface area contributed by atoms with Crippen molar-refractivity contribution in [2.75, 3.05) is 0 Å². The second-order valence-corrected chi connectivity index (χ2v) is 5.73. The molecule has 1 aliphatic rings. The number of rotatable bonds is 1. The first-order valence-corrected chi connectivity index (χ1v) is 7.34. The lowest BCUT2D eigenvalue weighted by Crippen LogP contribution is -2.14. The lowest BCUT2D eigenvalue weighted by Gasteiger charge is -2.22. The van der Waals surface area contributed by atoms with Gasteiger partial charge in [-0.3, -0.25) is 9.55 Å². The van der Waals surface area contributed by atoms with Crippen molar-refractivity contribution in [2.24, 2.45) is 5.92 Å². The zero-order chi connectivity index (χ0) is 14.4. The van der Waals surface area contributed by atoms with E-state index in [2.05, 4.69) is 58.7 Å². The Bertz CT molecular complexity index is 858. The molecule has 21 heavy (non-hydrogen) atoms. The first-order valence-electron chi connectivity index (χ1n) is 7.34. The van der Waals surface area contributed by atoms with Gasteiger partial charge in [0.15, 0.2) is 0 Å². The van der Waals surface area contributed by atoms with Gasteiger partial charge in [-0.1, -0.05) is 31.2 Å². The summed E-state index contributed by atoms with van der Waals surface area (Å²) in [4.78, 5) is 9.30. The highest BCUT2D eigenvalue weighted by molar-refractivity contribution is 5.83. The molecule has 1 unspecified atom stereocenters. The van der Waals surface area contributed by atoms with Crippen LogP contribution in [0.3, 0.4) is 0 Å². The van der Waals surface area contributed by atoms with E-state index < -0.39 is 0 Å². The summed E-state index contributed by atoms with van der Waals surface area (Å²) in [5.41, 5.74) is 5.75. The number of hydrogen-bond acceptors (Lipinski definition) is 2. The van der Waals surface area contributed by atoms with Gasteiger partial charge in [0.05, 0.1) is 22.4 Å². The molecule has 104 valence electrons. The van der Waals surface area contributed by atoms with E-state index in [0.29, 0.717) is 5.92 Å². The molecule has 0 radical (unpaired) electrons. The van der Waals surface area contributed by atoms with Gasteiger partial charge in [0, 0.05) is 6.20 Å². The summed E-state index contributed by atoms with van der Waals surface area (Å²) in [6, 6.07) is 12.5. The predicted molar refractivity (Wildman–Crippen MR) is 85.0 cm³/mol. The van der Waals surface area contributed by atoms with Crippen LogP contribution < -0.4 is 0 Å². The molecule has 0 bridgehead atoms. The fourth-order valence-corrected chi connectivity index (χ4v) is 3.22. The molecule has 0 saturated heterocycles. The van der Waals surface area contributed by atoms with E-state index in [-0.39, 0.29) is 0 Å². The molecule has 4 rings (SSSR count). The largest absolute Gasteiger partial charge is 0.295 e. The highest BCUT2D eigenvalue weighted by Gasteiger charge is 2.21. The molecule has 1 aliphatic carbocycles. The van der Waals surface area contributed by atoms with Crippen LogP contribution in [-0.2, 0) is 6.42 Å². The molecule has 0 saturated carbocycles. The van der Waals surface area contributed by atoms with Crippen molar-refractivity contribution in [3.63, 3.8) is 0 Å². The van der Waals surface area contributed by atoms with Crippen molar-refractivity contribution < 1.29 is 0 Å². The van der Waals surface area contributed by atoms with Crippen molar-refractivity contribution in [2.45, 2.75) is 20.3 Å². The Morgan fingerprint density at radius 2 is 2.00 bits per heavy atom. The molecule has 1 atom stereocenters. The molecule has 0 spiro atoms. The monoisotopic (exact) mass is 275 g/mol. The summed E-state index contributed by atoms with van der Waals surface area (Å²) >= 11 is 0. The Labute approximate surface area is 124 Å². The molecular formula is C18H17N3. The SMILES string of the molecule is Cc1nc2ccccc2n1C1=CC(C)Cc2cccnc21. The normalized spacial score (nSPS) is 17.6. The van der Waals surface area contributed by atoms with Gasteiger partial charge in [0.25, 0.3) is 0 Å². The highest BCUT2D eigenvalue weighted by atomic mass is 15.1. The van der Waals surface area contributed by atoms with Crippen molar-refractivity contribution in [3.8, 4) is 0 Å². The summed E-state index contributed by atoms with van der Waals surface area (Å²) < 4.78 is 2.23. The number of allylic oxidation sites excluding steroid dienone is 1. The minimum atomic E-state index is 0.511. The van der Waals surface area contributed by atoms with Gasteiger partial charge in [0.1, 0.15) is 5.82 Å². The topological polar surface area (TPSA) is 30.7 Å². The number of benzene rings is 1. The van der Waals surface area contributed by atoms with Crippen LogP contribution in [0.15, 0.2) is 48.7 Å². The zero-order valence-corrected chi connectivity index (χ0v) is 12.2. The van der Waals surface area contributed by atoms with Gasteiger partial charge in [-0.2, -0.15) is 0 Å². The van der Waals surface area contributed by atoms with E-state index in [1.54, 1.807) is 0 Å². The molecule has 0 amide bonds. The van der Waals surface area contributed by atoms with Crippen LogP contribution in [0.1, 0.15) is 24.0 Å². The summed E-state index contributed by atoms with van der Waals surface area (Å²) in [7, 11) is 0. The van der Waals surface area contributed by atoms with E-state index in [4.69, 9.17) is 0 Å². The third-order valence-corrected chi connectivity index (χ3v) is 4.09. The van der Waals surface area contributed by atoms with Gasteiger partial charge < -0.3 is 0 Å². The summed E-state index contributed by atoms with van der Waals surface area (Å²) in [5, 5.41) is 0. The average Bonchev–Trinajstić information content (AvgIpc) is 2.82. The number of imidazole rings is 1. The number of hydrogen-bond donors (Lipinski definition) is 0. The molecule has 3 aromatic rings. The number of fused-ring (bicyclic) bond motifs is 2. The molecule has 3 heteroatoms. The van der Waals surface area contributed by atoms with E-state index in [9.17, 15) is 0 Å². The van der Waals surface area contributed by atoms with Crippen LogP contribution in [0.4, 0.5) is 0 Å². The summed E-state index contributed by atoms with van der Waals surface area (Å²) in [5.74, 6) is 1.52. The number of pyridine rings is 1. The lowest BCUT2D eigenvalue weighted by molar-refractivity contribution is 0.700. The van der Waals surface area contributed by atoms with Crippen LogP contribution in [0.25, 0.3) is 16.7 Å². The average molecular weight is 275 g/mol. The second-order valence-electron chi connectivity index (χ2n) is 5.73. The third-order valence-electron chi connectivity index (χ3n) is 4.09. The second kappa shape index (κ2) is 4.55. The van der Waals surface area contributed by atoms with Gasteiger partial charge in [0.2, 0.25) is 0 Å². The zero-order valence-electron chi connectivity index (χ0n) is 12.2. The summed E-state index contributed by atoms with van der Waals surface area (Å²) in [6.45, 7) is 4.31. The third kappa shape index (κ3) is 1.88. The molecule has 3 nitrogen and oxygen atoms in total. The van der Waals surface area contributed by atoms with E-state index >= 15 is 0 Å². The fourth-order valence-electron chi connectivity index (χ4n) is 3.22. The molecule has 2 heterocycles. The number of aromatic nitrogens is 3. The fraction of sp³-hybridized carbons (Fsp3) is 0.222. The number of nitrogens with zero attached hydrogens (tertiary/aromatic N) is 3. The molecular weight excluding hydrogens is 258 g/mol. The highest BCUT2D eigenvalue weighted by Crippen LogP contribution is 2.32. The van der Waals surface area contributed by atoms with Crippen molar-refractivity contribution >= 4 is 16.7 Å². The maximum Gasteiger partial charge on any atom is 0.111 e. The van der Waals surface area contributed by atoms with Crippen molar-refractivity contribution in [1.29, 1.82) is 0 Å². The molecule has 1 aromatic carbocycles. The molecule has 0 N–H and O–H groups in total. The van der Waals surface area contributed by atoms with Crippen LogP contribution in [0.5, 0.6) is 0 Å². The van der Waals surface area contributed by atoms with Gasteiger partial charge in [-0.25, -0.2) is 4.98 Å². The quantitative estimate of drug-likeness (QED) is 0.676. The minimum absolute atomic E-state index is 0.511. The maximum absolute atomic E-state index is 4.68. The van der Waals surface area contributed by atoms with Gasteiger partial charge in [-0.15, -0.1) is 0 Å². The Kier molecular flexibility index (Phi) is 2.67. The standard InChI is InChI=1S/C18H17N3/c1-12-10-14-6-5-9-19-18(14)17(11-12)21-13(2)20-15-7-3-4-8-16(15)21/h3-9,11-12H,10H2,1-2H3.